The summed E-state index contributed by atoms with van der Waals surface area (Å²) in [6, 6.07) is 0. The van der Waals surface area contributed by atoms with Crippen molar-refractivity contribution in [2.24, 2.45) is 0 Å². The van der Waals surface area contributed by atoms with Gasteiger partial charge in [-0.05, 0) is 6.42 Å². The Morgan fingerprint density at radius 2 is 1.83 bits per heavy atom. The molecule has 1 amide bonds. The summed E-state index contributed by atoms with van der Waals surface area (Å²) in [6.45, 7) is 0.871. The molecule has 0 aliphatic rings. The summed E-state index contributed by atoms with van der Waals surface area (Å²) in [4.78, 5) is 33.5. The zero-order chi connectivity index (χ0) is 17.7. The Morgan fingerprint density at radius 1 is 1.17 bits per heavy atom. The van der Waals surface area contributed by atoms with Crippen molar-refractivity contribution in [1.82, 2.24) is 5.32 Å². The van der Waals surface area contributed by atoms with E-state index in [0.29, 0.717) is 0 Å². The number of hydrogen-bond acceptors (Lipinski definition) is 5. The molecule has 0 aliphatic carbocycles. The Labute approximate surface area is 164 Å². The minimum absolute atomic E-state index is 0. The third kappa shape index (κ3) is 12.5. The maximum atomic E-state index is 11.6. The van der Waals surface area contributed by atoms with Crippen molar-refractivity contribution in [3.05, 3.63) is 12.2 Å². The van der Waals surface area contributed by atoms with Crippen LogP contribution in [0.3, 0.4) is 0 Å². The Hall–Kier alpha value is -0.930. The van der Waals surface area contributed by atoms with Crippen LogP contribution in [0.5, 0.6) is 0 Å². The molecule has 1 unspecified atom stereocenters. The van der Waals surface area contributed by atoms with Gasteiger partial charge in [-0.3, -0.25) is 4.79 Å². The van der Waals surface area contributed by atoms with Gasteiger partial charge in [0.25, 0.3) is 0 Å². The summed E-state index contributed by atoms with van der Waals surface area (Å²) in [5.41, 5.74) is 0. The number of amides is 1. The SMILES string of the molecule is CCC/C=C/CC(=O)NCC[N+](CCO)(CC(=O)[O-])CC(=O)O.[Na+]. The van der Waals surface area contributed by atoms with Gasteiger partial charge in [0, 0.05) is 6.42 Å². The Balaban J connectivity index is 0. The molecule has 0 aliphatic heterocycles. The number of carbonyl (C=O) groups excluding carboxylic acids is 2. The molecule has 0 bridgehead atoms. The molecular formula is C15H26N2NaO6+. The molecule has 0 fully saturated rings. The van der Waals surface area contributed by atoms with Gasteiger partial charge in [-0.15, -0.1) is 0 Å². The number of quaternary nitrogens is 1. The van der Waals surface area contributed by atoms with E-state index in [1.165, 1.54) is 0 Å². The quantitative estimate of drug-likeness (QED) is 0.174. The largest absolute Gasteiger partial charge is 1.00 e. The van der Waals surface area contributed by atoms with Crippen LogP contribution in [0.1, 0.15) is 26.2 Å². The van der Waals surface area contributed by atoms with Gasteiger partial charge in [0.2, 0.25) is 5.91 Å². The number of unbranched alkanes of at least 4 members (excludes halogenated alkanes) is 1. The van der Waals surface area contributed by atoms with Crippen molar-refractivity contribution in [1.29, 1.82) is 0 Å². The van der Waals surface area contributed by atoms with Crippen molar-refractivity contribution in [3.63, 3.8) is 0 Å². The van der Waals surface area contributed by atoms with Gasteiger partial charge >= 0.3 is 35.5 Å². The summed E-state index contributed by atoms with van der Waals surface area (Å²) in [5.74, 6) is -2.79. The molecule has 24 heavy (non-hydrogen) atoms. The van der Waals surface area contributed by atoms with E-state index in [1.807, 2.05) is 13.0 Å². The Bertz CT molecular complexity index is 412. The first-order valence-electron chi connectivity index (χ1n) is 7.64. The molecule has 0 aromatic heterocycles. The van der Waals surface area contributed by atoms with Crippen molar-refractivity contribution in [2.75, 3.05) is 39.3 Å². The molecule has 0 rings (SSSR count). The van der Waals surface area contributed by atoms with E-state index in [2.05, 4.69) is 5.32 Å². The molecule has 0 saturated heterocycles. The molecule has 8 nitrogen and oxygen atoms in total. The van der Waals surface area contributed by atoms with Gasteiger partial charge in [-0.2, -0.15) is 0 Å². The van der Waals surface area contributed by atoms with Crippen LogP contribution in [0, 0.1) is 0 Å². The van der Waals surface area contributed by atoms with Crippen LogP contribution in [0.25, 0.3) is 0 Å². The van der Waals surface area contributed by atoms with Crippen LogP contribution < -0.4 is 40.0 Å². The minimum atomic E-state index is -1.39. The van der Waals surface area contributed by atoms with Crippen molar-refractivity contribution >= 4 is 17.8 Å². The average molecular weight is 353 g/mol. The summed E-state index contributed by atoms with van der Waals surface area (Å²) >= 11 is 0. The second-order valence-corrected chi connectivity index (χ2v) is 5.41. The topological polar surface area (TPSA) is 127 Å². The predicted molar refractivity (Wildman–Crippen MR) is 81.1 cm³/mol. The van der Waals surface area contributed by atoms with Gasteiger partial charge in [0.1, 0.15) is 13.1 Å². The van der Waals surface area contributed by atoms with Crippen molar-refractivity contribution < 1.29 is 63.7 Å². The normalized spacial score (nSPS) is 13.1. The third-order valence-electron chi connectivity index (χ3n) is 3.34. The molecule has 0 aromatic rings. The molecule has 1 atom stereocenters. The first-order chi connectivity index (χ1) is 10.8. The van der Waals surface area contributed by atoms with Crippen LogP contribution in [0.2, 0.25) is 0 Å². The van der Waals surface area contributed by atoms with Crippen LogP contribution in [-0.4, -0.2) is 71.9 Å². The molecular weight excluding hydrogens is 327 g/mol. The average Bonchev–Trinajstić information content (AvgIpc) is 2.42. The molecule has 9 heteroatoms. The van der Waals surface area contributed by atoms with Gasteiger partial charge in [-0.25, -0.2) is 4.79 Å². The maximum Gasteiger partial charge on any atom is 1.00 e. The smallest absolute Gasteiger partial charge is 0.544 e. The standard InChI is InChI=1S/C15H26N2O6.Na/c1-2-3-4-5-6-13(19)16-7-8-17(9-10-18,11-14(20)21)12-15(22)23;/h4-5,18H,2-3,6-12H2,1H3,(H2-,16,19,20,21,22,23);/q;+1/b5-4+;. The number of aliphatic hydroxyl groups is 1. The Morgan fingerprint density at radius 3 is 2.33 bits per heavy atom. The van der Waals surface area contributed by atoms with Crippen LogP contribution in [-0.2, 0) is 14.4 Å². The van der Waals surface area contributed by atoms with Gasteiger partial charge in [0.05, 0.1) is 25.7 Å². The zero-order valence-corrected chi connectivity index (χ0v) is 16.5. The van der Waals surface area contributed by atoms with Gasteiger partial charge in [0.15, 0.2) is 6.54 Å². The van der Waals surface area contributed by atoms with Crippen LogP contribution in [0.15, 0.2) is 12.2 Å². The van der Waals surface area contributed by atoms with E-state index in [1.54, 1.807) is 6.08 Å². The summed E-state index contributed by atoms with van der Waals surface area (Å²) < 4.78 is -0.375. The fourth-order valence-corrected chi connectivity index (χ4v) is 2.24. The number of carboxylic acids is 2. The van der Waals surface area contributed by atoms with E-state index in [0.717, 1.165) is 12.8 Å². The predicted octanol–water partition coefficient (Wildman–Crippen LogP) is -4.50. The number of rotatable bonds is 13. The number of carbonyl (C=O) groups is 3. The maximum absolute atomic E-state index is 11.6. The van der Waals surface area contributed by atoms with E-state index >= 15 is 0 Å². The molecule has 3 N–H and O–H groups in total. The molecule has 0 saturated carbocycles. The number of hydrogen-bond donors (Lipinski definition) is 3. The Kier molecular flexibility index (Phi) is 15.2. The number of nitrogens with zero attached hydrogens (tertiary/aromatic N) is 1. The van der Waals surface area contributed by atoms with Crippen LogP contribution >= 0.6 is 0 Å². The number of aliphatic hydroxyl groups excluding tert-OH is 1. The zero-order valence-electron chi connectivity index (χ0n) is 14.5. The van der Waals surface area contributed by atoms with Crippen molar-refractivity contribution in [2.45, 2.75) is 26.2 Å². The molecule has 0 spiro atoms. The van der Waals surface area contributed by atoms with Gasteiger partial charge in [-0.1, -0.05) is 25.5 Å². The summed E-state index contributed by atoms with van der Waals surface area (Å²) in [6.07, 6.45) is 5.78. The molecule has 132 valence electrons. The molecule has 0 aromatic carbocycles. The monoisotopic (exact) mass is 353 g/mol. The number of allylic oxidation sites excluding steroid dienone is 1. The second-order valence-electron chi connectivity index (χ2n) is 5.41. The van der Waals surface area contributed by atoms with Crippen molar-refractivity contribution in [3.8, 4) is 0 Å². The van der Waals surface area contributed by atoms with E-state index < -0.39 is 25.0 Å². The van der Waals surface area contributed by atoms with E-state index in [9.17, 15) is 19.5 Å². The number of nitrogens with one attached hydrogen (secondary N) is 1. The second kappa shape index (κ2) is 14.4. The first kappa shape index (κ1) is 25.3. The summed E-state index contributed by atoms with van der Waals surface area (Å²) in [5, 5.41) is 31.5. The van der Waals surface area contributed by atoms with Crippen LogP contribution in [0.4, 0.5) is 0 Å². The molecule has 0 heterocycles. The first-order valence-corrected chi connectivity index (χ1v) is 7.64. The third-order valence-corrected chi connectivity index (χ3v) is 3.34. The van der Waals surface area contributed by atoms with E-state index in [4.69, 9.17) is 10.2 Å². The van der Waals surface area contributed by atoms with Gasteiger partial charge < -0.3 is 29.9 Å². The molecule has 0 radical (unpaired) electrons. The fraction of sp³-hybridized carbons (Fsp3) is 0.667. The van der Waals surface area contributed by atoms with E-state index in [-0.39, 0.29) is 72.6 Å². The number of carboxylic acid groups (broad SMARTS) is 2. The summed E-state index contributed by atoms with van der Waals surface area (Å²) in [7, 11) is 0. The number of aliphatic carboxylic acids is 2. The minimum Gasteiger partial charge on any atom is -0.544 e. The fourth-order valence-electron chi connectivity index (χ4n) is 2.24.